The summed E-state index contributed by atoms with van der Waals surface area (Å²) in [5.41, 5.74) is -2.30. The quantitative estimate of drug-likeness (QED) is 0.243. The first-order valence-electron chi connectivity index (χ1n) is 13.1. The highest BCUT2D eigenvalue weighted by Gasteiger charge is 2.33. The molecule has 0 bridgehead atoms. The van der Waals surface area contributed by atoms with Crippen LogP contribution in [0.2, 0.25) is 0 Å². The number of hydrogen-bond donors (Lipinski definition) is 4. The first-order valence-corrected chi connectivity index (χ1v) is 13.9. The number of carbonyl (C=O) groups is 1. The lowest BCUT2D eigenvalue weighted by Crippen LogP contribution is -3.10. The Bertz CT molecular complexity index is 1400. The number of benzene rings is 1. The Morgan fingerprint density at radius 2 is 1.95 bits per heavy atom. The number of fused-ring (bicyclic) bond motifs is 1. The highest BCUT2D eigenvalue weighted by atomic mass is 32.2. The maximum absolute atomic E-state index is 13.5. The maximum Gasteiger partial charge on any atom is 0.447 e. The van der Waals surface area contributed by atoms with Crippen molar-refractivity contribution in [2.24, 2.45) is 0 Å². The Labute approximate surface area is 236 Å². The molecule has 8 nitrogen and oxygen atoms in total. The SMILES string of the molecule is CNC(=O)c1ccc(NCC#Cc2nc3c(NC4CCC([NH+](C)C)CC4)cccn3c2SC(F)(F)F)c(OC)c1. The van der Waals surface area contributed by atoms with Crippen molar-refractivity contribution < 1.29 is 27.6 Å². The van der Waals surface area contributed by atoms with Gasteiger partial charge in [-0.1, -0.05) is 5.92 Å². The van der Waals surface area contributed by atoms with E-state index in [9.17, 15) is 18.0 Å². The van der Waals surface area contributed by atoms with Crippen LogP contribution in [0.15, 0.2) is 41.6 Å². The highest BCUT2D eigenvalue weighted by molar-refractivity contribution is 8.00. The molecule has 1 aromatic carbocycles. The molecule has 12 heteroatoms. The van der Waals surface area contributed by atoms with Gasteiger partial charge < -0.3 is 25.6 Å². The molecule has 0 radical (unpaired) electrons. The van der Waals surface area contributed by atoms with E-state index < -0.39 is 5.51 Å². The van der Waals surface area contributed by atoms with Crippen molar-refractivity contribution in [2.75, 3.05) is 45.4 Å². The molecule has 1 aliphatic carbocycles. The summed E-state index contributed by atoms with van der Waals surface area (Å²) in [6.45, 7) is 0.127. The Kier molecular flexibility index (Phi) is 9.37. The number of imidazole rings is 1. The fourth-order valence-electron chi connectivity index (χ4n) is 4.87. The molecule has 3 aromatic rings. The van der Waals surface area contributed by atoms with Crippen molar-refractivity contribution in [1.29, 1.82) is 0 Å². The second-order valence-corrected chi connectivity index (χ2v) is 10.9. The number of amides is 1. The van der Waals surface area contributed by atoms with Crippen LogP contribution in [-0.2, 0) is 0 Å². The van der Waals surface area contributed by atoms with E-state index in [0.29, 0.717) is 34.4 Å². The number of thioether (sulfide) groups is 1. The molecule has 0 aliphatic heterocycles. The third-order valence-corrected chi connectivity index (χ3v) is 7.80. The second kappa shape index (κ2) is 12.7. The van der Waals surface area contributed by atoms with E-state index in [2.05, 4.69) is 46.9 Å². The van der Waals surface area contributed by atoms with E-state index in [0.717, 1.165) is 25.7 Å². The van der Waals surface area contributed by atoms with Crippen LogP contribution in [0.1, 0.15) is 41.7 Å². The van der Waals surface area contributed by atoms with Crippen molar-refractivity contribution in [3.63, 3.8) is 0 Å². The van der Waals surface area contributed by atoms with Gasteiger partial charge in [-0.2, -0.15) is 13.2 Å². The average molecular weight is 576 g/mol. The van der Waals surface area contributed by atoms with Gasteiger partial charge in [0.15, 0.2) is 5.65 Å². The average Bonchev–Trinajstić information content (AvgIpc) is 3.27. The number of ether oxygens (including phenoxy) is 1. The number of hydrogen-bond acceptors (Lipinski definition) is 6. The summed E-state index contributed by atoms with van der Waals surface area (Å²) >= 11 is -0.222. The van der Waals surface area contributed by atoms with Crippen molar-refractivity contribution >= 4 is 34.7 Å². The maximum atomic E-state index is 13.5. The molecule has 2 aromatic heterocycles. The summed E-state index contributed by atoms with van der Waals surface area (Å²) in [6, 6.07) is 9.35. The molecule has 214 valence electrons. The number of anilines is 2. The number of quaternary nitrogens is 1. The normalized spacial score (nSPS) is 17.3. The Morgan fingerprint density at radius 1 is 1.20 bits per heavy atom. The Hall–Kier alpha value is -3.56. The third-order valence-electron chi connectivity index (χ3n) is 6.99. The molecular weight excluding hydrogens is 541 g/mol. The van der Waals surface area contributed by atoms with Crippen LogP contribution in [0.3, 0.4) is 0 Å². The molecule has 4 N–H and O–H groups in total. The van der Waals surface area contributed by atoms with Crippen molar-refractivity contribution in [3.8, 4) is 17.6 Å². The van der Waals surface area contributed by atoms with Crippen LogP contribution in [0.5, 0.6) is 5.75 Å². The van der Waals surface area contributed by atoms with Crippen LogP contribution < -0.4 is 25.6 Å². The molecule has 0 spiro atoms. The number of methoxy groups -OCH3 is 1. The van der Waals surface area contributed by atoms with Crippen molar-refractivity contribution in [3.05, 3.63) is 47.8 Å². The minimum absolute atomic E-state index is 0.0558. The van der Waals surface area contributed by atoms with Gasteiger partial charge in [0.2, 0.25) is 0 Å². The number of aromatic nitrogens is 2. The van der Waals surface area contributed by atoms with Gasteiger partial charge in [0.1, 0.15) is 16.5 Å². The minimum Gasteiger partial charge on any atom is -0.495 e. The largest absolute Gasteiger partial charge is 0.495 e. The van der Waals surface area contributed by atoms with E-state index in [-0.39, 0.29) is 41.0 Å². The summed E-state index contributed by atoms with van der Waals surface area (Å²) in [5, 5.41) is 9.08. The third kappa shape index (κ3) is 7.14. The van der Waals surface area contributed by atoms with Gasteiger partial charge in [-0.3, -0.25) is 9.20 Å². The van der Waals surface area contributed by atoms with Crippen LogP contribution in [0.25, 0.3) is 5.65 Å². The van der Waals surface area contributed by atoms with Gasteiger partial charge in [0.25, 0.3) is 5.91 Å². The molecule has 0 atom stereocenters. The van der Waals surface area contributed by atoms with E-state index >= 15 is 0 Å². The molecule has 2 heterocycles. The molecule has 1 amide bonds. The first kappa shape index (κ1) is 29.4. The Morgan fingerprint density at radius 3 is 2.60 bits per heavy atom. The zero-order chi connectivity index (χ0) is 28.9. The summed E-state index contributed by atoms with van der Waals surface area (Å²) < 4.78 is 47.3. The molecule has 0 unspecified atom stereocenters. The molecule has 0 saturated heterocycles. The van der Waals surface area contributed by atoms with Gasteiger partial charge in [-0.15, -0.1) is 0 Å². The molecule has 1 saturated carbocycles. The number of carbonyl (C=O) groups excluding carboxylic acids is 1. The zero-order valence-electron chi connectivity index (χ0n) is 22.9. The van der Waals surface area contributed by atoms with Crippen LogP contribution in [0, 0.1) is 11.8 Å². The summed E-state index contributed by atoms with van der Waals surface area (Å²) in [5.74, 6) is 5.90. The topological polar surface area (TPSA) is 84.1 Å². The zero-order valence-corrected chi connectivity index (χ0v) is 23.7. The van der Waals surface area contributed by atoms with Crippen LogP contribution >= 0.6 is 11.8 Å². The van der Waals surface area contributed by atoms with E-state index in [1.165, 1.54) is 23.5 Å². The minimum atomic E-state index is -4.50. The van der Waals surface area contributed by atoms with Gasteiger partial charge >= 0.3 is 5.51 Å². The number of alkyl halides is 3. The monoisotopic (exact) mass is 575 g/mol. The number of nitrogens with one attached hydrogen (secondary N) is 4. The molecule has 1 fully saturated rings. The molecule has 40 heavy (non-hydrogen) atoms. The fraction of sp³-hybridized carbons (Fsp3) is 0.429. The lowest BCUT2D eigenvalue weighted by atomic mass is 9.90. The molecule has 4 rings (SSSR count). The van der Waals surface area contributed by atoms with Gasteiger partial charge in [-0.05, 0) is 49.1 Å². The predicted octanol–water partition coefficient (Wildman–Crippen LogP) is 3.65. The van der Waals surface area contributed by atoms with E-state index in [1.54, 1.807) is 30.5 Å². The summed E-state index contributed by atoms with van der Waals surface area (Å²) in [6.07, 6.45) is 5.75. The van der Waals surface area contributed by atoms with E-state index in [1.807, 2.05) is 6.07 Å². The fourth-order valence-corrected chi connectivity index (χ4v) is 5.53. The Balaban J connectivity index is 1.56. The van der Waals surface area contributed by atoms with Crippen molar-refractivity contribution in [1.82, 2.24) is 14.7 Å². The van der Waals surface area contributed by atoms with Crippen LogP contribution in [-0.4, -0.2) is 67.7 Å². The number of nitrogens with zero attached hydrogens (tertiary/aromatic N) is 2. The van der Waals surface area contributed by atoms with Gasteiger partial charge in [0.05, 0.1) is 45.2 Å². The smallest absolute Gasteiger partial charge is 0.447 e. The van der Waals surface area contributed by atoms with E-state index in [4.69, 9.17) is 4.74 Å². The summed E-state index contributed by atoms with van der Waals surface area (Å²) in [7, 11) is 7.36. The number of pyridine rings is 1. The molecule has 1 aliphatic rings. The lowest BCUT2D eigenvalue weighted by molar-refractivity contribution is -0.887. The van der Waals surface area contributed by atoms with Crippen LogP contribution in [0.4, 0.5) is 24.5 Å². The second-order valence-electron chi connectivity index (χ2n) is 9.85. The van der Waals surface area contributed by atoms with Crippen molar-refractivity contribution in [2.45, 2.75) is 48.3 Å². The predicted molar refractivity (Wildman–Crippen MR) is 151 cm³/mol. The first-order chi connectivity index (χ1) is 19.1. The number of rotatable bonds is 8. The number of halogens is 3. The highest BCUT2D eigenvalue weighted by Crippen LogP contribution is 2.39. The molecular formula is C28H34F3N6O2S+. The lowest BCUT2D eigenvalue weighted by Gasteiger charge is -2.31. The standard InChI is InChI=1S/C28H33F3N6O2S/c1-32-26(38)18-9-14-21(24(17-18)39-4)33-15-5-7-23-27(40-28(29,30)31)37-16-6-8-22(25(37)35-23)34-19-10-12-20(13-11-19)36(2)3/h6,8-9,14,16-17,19-20,33-34H,10-13,15H2,1-4H3,(H,32,38)/p+1. The van der Waals surface area contributed by atoms with Gasteiger partial charge in [-0.25, -0.2) is 4.98 Å². The van der Waals surface area contributed by atoms with Gasteiger partial charge in [0, 0.05) is 49.5 Å². The summed E-state index contributed by atoms with van der Waals surface area (Å²) in [4.78, 5) is 17.9.